The maximum atomic E-state index is 12.3. The highest BCUT2D eigenvalue weighted by atomic mass is 79.9. The molecule has 32 heavy (non-hydrogen) atoms. The highest BCUT2D eigenvalue weighted by Gasteiger charge is 2.19. The summed E-state index contributed by atoms with van der Waals surface area (Å²) in [5, 5.41) is 13.0. The highest BCUT2D eigenvalue weighted by molar-refractivity contribution is 9.10. The fourth-order valence-corrected chi connectivity index (χ4v) is 5.16. The number of amides is 1. The molecule has 4 aromatic rings. The molecule has 8 nitrogen and oxygen atoms in total. The maximum absolute atomic E-state index is 12.3. The van der Waals surface area contributed by atoms with Gasteiger partial charge in [-0.15, -0.1) is 16.4 Å². The van der Waals surface area contributed by atoms with E-state index in [2.05, 4.69) is 46.5 Å². The zero-order chi connectivity index (χ0) is 22.1. The first-order valence-corrected chi connectivity index (χ1v) is 12.1. The number of fused-ring (bicyclic) bond motifs is 1. The SMILES string of the molecule is Cc1cc(Nc2ccc(NC(=O)Cc3cc(Br)cs3)cc2)n2nc(N3CCCC3)nc2n1. The summed E-state index contributed by atoms with van der Waals surface area (Å²) in [4.78, 5) is 24.7. The van der Waals surface area contributed by atoms with Crippen LogP contribution in [0, 0.1) is 6.92 Å². The minimum atomic E-state index is -0.0383. The Balaban J connectivity index is 1.30. The average Bonchev–Trinajstić information content (AvgIpc) is 3.50. The monoisotopic (exact) mass is 511 g/mol. The van der Waals surface area contributed by atoms with Crippen molar-refractivity contribution in [1.29, 1.82) is 0 Å². The number of thiophene rings is 1. The molecule has 0 spiro atoms. The number of carbonyl (C=O) groups excluding carboxylic acids is 1. The van der Waals surface area contributed by atoms with E-state index in [0.717, 1.165) is 51.3 Å². The first kappa shape index (κ1) is 20.9. The van der Waals surface area contributed by atoms with Crippen LogP contribution in [-0.2, 0) is 11.2 Å². The number of aromatic nitrogens is 4. The number of rotatable bonds is 6. The van der Waals surface area contributed by atoms with E-state index in [4.69, 9.17) is 0 Å². The Morgan fingerprint density at radius 2 is 1.88 bits per heavy atom. The van der Waals surface area contributed by atoms with Crippen LogP contribution < -0.4 is 15.5 Å². The van der Waals surface area contributed by atoms with Gasteiger partial charge in [0.15, 0.2) is 0 Å². The molecule has 10 heteroatoms. The van der Waals surface area contributed by atoms with E-state index in [0.29, 0.717) is 12.2 Å². The molecule has 5 rings (SSSR count). The highest BCUT2D eigenvalue weighted by Crippen LogP contribution is 2.24. The zero-order valence-corrected chi connectivity index (χ0v) is 19.9. The summed E-state index contributed by atoms with van der Waals surface area (Å²) in [6, 6.07) is 11.5. The molecule has 164 valence electrons. The second-order valence-corrected chi connectivity index (χ2v) is 9.67. The normalized spacial score (nSPS) is 13.6. The molecule has 1 aliphatic rings. The van der Waals surface area contributed by atoms with Crippen molar-refractivity contribution in [2.24, 2.45) is 0 Å². The van der Waals surface area contributed by atoms with Crippen LogP contribution in [0.25, 0.3) is 5.78 Å². The van der Waals surface area contributed by atoms with Gasteiger partial charge >= 0.3 is 0 Å². The van der Waals surface area contributed by atoms with Crippen LogP contribution in [0.15, 0.2) is 46.3 Å². The van der Waals surface area contributed by atoms with Gasteiger partial charge in [0, 0.05) is 51.0 Å². The van der Waals surface area contributed by atoms with E-state index in [-0.39, 0.29) is 5.91 Å². The molecule has 1 fully saturated rings. The van der Waals surface area contributed by atoms with Gasteiger partial charge in [0.25, 0.3) is 5.78 Å². The molecular weight excluding hydrogens is 490 g/mol. The minimum absolute atomic E-state index is 0.0383. The van der Waals surface area contributed by atoms with Gasteiger partial charge in [0.1, 0.15) is 5.82 Å². The summed E-state index contributed by atoms with van der Waals surface area (Å²) in [6.07, 6.45) is 2.69. The molecular formula is C22H22BrN7OS. The van der Waals surface area contributed by atoms with Crippen molar-refractivity contribution in [2.45, 2.75) is 26.2 Å². The Kier molecular flexibility index (Phi) is 5.79. The number of aryl methyl sites for hydroxylation is 1. The molecule has 0 radical (unpaired) electrons. The molecule has 1 aliphatic heterocycles. The minimum Gasteiger partial charge on any atom is -0.340 e. The molecule has 1 amide bonds. The van der Waals surface area contributed by atoms with Crippen LogP contribution in [0.2, 0.25) is 0 Å². The first-order chi connectivity index (χ1) is 15.5. The molecule has 3 aromatic heterocycles. The summed E-state index contributed by atoms with van der Waals surface area (Å²) in [6.45, 7) is 3.91. The average molecular weight is 512 g/mol. The van der Waals surface area contributed by atoms with E-state index in [1.165, 1.54) is 12.8 Å². The quantitative estimate of drug-likeness (QED) is 0.387. The van der Waals surface area contributed by atoms with Gasteiger partial charge in [-0.25, -0.2) is 4.98 Å². The lowest BCUT2D eigenvalue weighted by Gasteiger charge is -2.11. The number of nitrogens with zero attached hydrogens (tertiary/aromatic N) is 5. The van der Waals surface area contributed by atoms with Crippen LogP contribution in [0.1, 0.15) is 23.4 Å². The molecule has 4 heterocycles. The van der Waals surface area contributed by atoms with Crippen molar-refractivity contribution in [3.05, 3.63) is 56.8 Å². The van der Waals surface area contributed by atoms with Gasteiger partial charge in [0.2, 0.25) is 11.9 Å². The van der Waals surface area contributed by atoms with Crippen molar-refractivity contribution in [3.63, 3.8) is 0 Å². The van der Waals surface area contributed by atoms with E-state index < -0.39 is 0 Å². The number of nitrogens with one attached hydrogen (secondary N) is 2. The summed E-state index contributed by atoms with van der Waals surface area (Å²) >= 11 is 4.98. The number of benzene rings is 1. The number of anilines is 4. The summed E-state index contributed by atoms with van der Waals surface area (Å²) in [5.74, 6) is 2.06. The van der Waals surface area contributed by atoms with Crippen LogP contribution in [0.3, 0.4) is 0 Å². The van der Waals surface area contributed by atoms with E-state index in [1.807, 2.05) is 48.7 Å². The van der Waals surface area contributed by atoms with Gasteiger partial charge in [-0.05, 0) is 66.0 Å². The lowest BCUT2D eigenvalue weighted by molar-refractivity contribution is -0.115. The molecule has 0 unspecified atom stereocenters. The second-order valence-electron chi connectivity index (χ2n) is 7.76. The number of hydrogen-bond donors (Lipinski definition) is 2. The molecule has 0 aliphatic carbocycles. The van der Waals surface area contributed by atoms with E-state index in [9.17, 15) is 4.79 Å². The molecule has 1 saturated heterocycles. The number of hydrogen-bond acceptors (Lipinski definition) is 7. The van der Waals surface area contributed by atoms with Gasteiger partial charge in [0.05, 0.1) is 6.42 Å². The van der Waals surface area contributed by atoms with E-state index in [1.54, 1.807) is 15.9 Å². The number of carbonyl (C=O) groups is 1. The fourth-order valence-electron chi connectivity index (χ4n) is 3.71. The number of halogens is 1. The molecule has 2 N–H and O–H groups in total. The maximum Gasteiger partial charge on any atom is 0.256 e. The van der Waals surface area contributed by atoms with Crippen LogP contribution in [0.4, 0.5) is 23.1 Å². The van der Waals surface area contributed by atoms with Gasteiger partial charge in [-0.3, -0.25) is 4.79 Å². The first-order valence-electron chi connectivity index (χ1n) is 10.4. The third-order valence-corrected chi connectivity index (χ3v) is 6.91. The molecule has 1 aromatic carbocycles. The molecule has 0 bridgehead atoms. The third kappa shape index (κ3) is 4.61. The largest absolute Gasteiger partial charge is 0.340 e. The van der Waals surface area contributed by atoms with Crippen LogP contribution in [0.5, 0.6) is 0 Å². The fraction of sp³-hybridized carbons (Fsp3) is 0.273. The lowest BCUT2D eigenvalue weighted by atomic mass is 10.2. The molecule has 0 atom stereocenters. The third-order valence-electron chi connectivity index (χ3n) is 5.22. The predicted octanol–water partition coefficient (Wildman–Crippen LogP) is 4.78. The Hall–Kier alpha value is -2.98. The van der Waals surface area contributed by atoms with Crippen molar-refractivity contribution >= 4 is 62.1 Å². The zero-order valence-electron chi connectivity index (χ0n) is 17.5. The van der Waals surface area contributed by atoms with Crippen molar-refractivity contribution < 1.29 is 4.79 Å². The van der Waals surface area contributed by atoms with Crippen molar-refractivity contribution in [3.8, 4) is 0 Å². The smallest absolute Gasteiger partial charge is 0.256 e. The Labute approximate surface area is 197 Å². The van der Waals surface area contributed by atoms with Crippen molar-refractivity contribution in [1.82, 2.24) is 19.6 Å². The van der Waals surface area contributed by atoms with Gasteiger partial charge in [-0.2, -0.15) is 9.50 Å². The second kappa shape index (κ2) is 8.87. The summed E-state index contributed by atoms with van der Waals surface area (Å²) in [7, 11) is 0. The predicted molar refractivity (Wildman–Crippen MR) is 131 cm³/mol. The summed E-state index contributed by atoms with van der Waals surface area (Å²) in [5.41, 5.74) is 2.50. The van der Waals surface area contributed by atoms with E-state index >= 15 is 0 Å². The lowest BCUT2D eigenvalue weighted by Crippen LogP contribution is -2.19. The van der Waals surface area contributed by atoms with Gasteiger partial charge in [-0.1, -0.05) is 0 Å². The van der Waals surface area contributed by atoms with Crippen LogP contribution >= 0.6 is 27.3 Å². The molecule has 0 saturated carbocycles. The summed E-state index contributed by atoms with van der Waals surface area (Å²) < 4.78 is 2.75. The standard InChI is InChI=1S/C22H22BrN7OS/c1-14-10-19(30-21(24-14)27-22(28-30)29-8-2-3-9-29)25-16-4-6-17(7-5-16)26-20(31)12-18-11-15(23)13-32-18/h4-7,10-11,13,25H,2-3,8-9,12H2,1H3,(H,26,31). The Morgan fingerprint density at radius 1 is 1.12 bits per heavy atom. The Morgan fingerprint density at radius 3 is 2.59 bits per heavy atom. The Bertz CT molecular complexity index is 1260. The van der Waals surface area contributed by atoms with Crippen molar-refractivity contribution in [2.75, 3.05) is 28.6 Å². The van der Waals surface area contributed by atoms with Gasteiger partial charge < -0.3 is 15.5 Å². The van der Waals surface area contributed by atoms with Crippen LogP contribution in [-0.4, -0.2) is 38.6 Å². The topological polar surface area (TPSA) is 87.5 Å².